The first-order valence-electron chi connectivity index (χ1n) is 7.29. The average Bonchev–Trinajstić information content (AvgIpc) is 3.04. The van der Waals surface area contributed by atoms with Gasteiger partial charge in [-0.05, 0) is 37.8 Å². The fraction of sp³-hybridized carbons (Fsp3) is 0.471. The molecule has 100 valence electrons. The minimum absolute atomic E-state index is 0.0972. The molecule has 0 radical (unpaired) electrons. The van der Waals surface area contributed by atoms with Gasteiger partial charge in [-0.1, -0.05) is 31.9 Å². The molecule has 0 aliphatic heterocycles. The van der Waals surface area contributed by atoms with Gasteiger partial charge >= 0.3 is 0 Å². The molecular weight excluding hydrogens is 234 g/mol. The Hall–Kier alpha value is -1.57. The molecule has 1 aromatic carbocycles. The lowest BCUT2D eigenvalue weighted by atomic mass is 9.76. The van der Waals surface area contributed by atoms with E-state index in [1.165, 1.54) is 18.4 Å². The monoisotopic (exact) mass is 255 g/mol. The maximum atomic E-state index is 12.9. The fourth-order valence-electron chi connectivity index (χ4n) is 3.51. The number of carbonyl (C=O) groups is 1. The van der Waals surface area contributed by atoms with Crippen LogP contribution in [-0.4, -0.2) is 10.8 Å². The topological polar surface area (TPSA) is 32.9 Å². The summed E-state index contributed by atoms with van der Waals surface area (Å²) in [6.07, 6.45) is 7.37. The molecule has 2 aromatic rings. The number of nitrogens with one attached hydrogen (secondary N) is 1. The molecular formula is C17H21NO. The van der Waals surface area contributed by atoms with E-state index in [4.69, 9.17) is 0 Å². The smallest absolute Gasteiger partial charge is 0.171 e. The van der Waals surface area contributed by atoms with Crippen LogP contribution in [0.3, 0.4) is 0 Å². The van der Waals surface area contributed by atoms with Crippen molar-refractivity contribution in [3.63, 3.8) is 0 Å². The molecule has 0 atom stereocenters. The highest BCUT2D eigenvalue weighted by Crippen LogP contribution is 2.44. The highest BCUT2D eigenvalue weighted by Gasteiger charge is 2.40. The van der Waals surface area contributed by atoms with E-state index in [2.05, 4.69) is 37.0 Å². The molecule has 2 heteroatoms. The Morgan fingerprint density at radius 2 is 2.05 bits per heavy atom. The molecule has 1 heterocycles. The number of H-pyrrole nitrogens is 1. The quantitative estimate of drug-likeness (QED) is 0.797. The molecule has 1 aliphatic carbocycles. The Bertz CT molecular complexity index is 617. The fourth-order valence-corrected chi connectivity index (χ4v) is 3.51. The Morgan fingerprint density at radius 1 is 1.32 bits per heavy atom. The average molecular weight is 255 g/mol. The zero-order valence-electron chi connectivity index (χ0n) is 11.8. The van der Waals surface area contributed by atoms with Gasteiger partial charge < -0.3 is 4.98 Å². The van der Waals surface area contributed by atoms with Gasteiger partial charge in [-0.15, -0.1) is 0 Å². The summed E-state index contributed by atoms with van der Waals surface area (Å²) >= 11 is 0. The molecule has 0 spiro atoms. The highest BCUT2D eigenvalue weighted by atomic mass is 16.1. The normalized spacial score (nSPS) is 18.0. The van der Waals surface area contributed by atoms with Crippen molar-refractivity contribution in [2.24, 2.45) is 5.41 Å². The molecule has 1 saturated carbocycles. The van der Waals surface area contributed by atoms with Crippen LogP contribution in [0.25, 0.3) is 10.9 Å². The molecule has 0 saturated heterocycles. The number of aromatic nitrogens is 1. The summed E-state index contributed by atoms with van der Waals surface area (Å²) in [5.74, 6) is 0.350. The Kier molecular flexibility index (Phi) is 2.96. The van der Waals surface area contributed by atoms with Crippen LogP contribution in [0.5, 0.6) is 0 Å². The number of aryl methyl sites for hydroxylation is 1. The summed E-state index contributed by atoms with van der Waals surface area (Å²) in [6, 6.07) is 6.27. The number of ketones is 1. The zero-order chi connectivity index (χ0) is 13.5. The van der Waals surface area contributed by atoms with Crippen molar-refractivity contribution in [1.82, 2.24) is 4.98 Å². The second-order valence-electron chi connectivity index (χ2n) is 5.92. The van der Waals surface area contributed by atoms with Crippen LogP contribution in [0.4, 0.5) is 0 Å². The predicted molar refractivity (Wildman–Crippen MR) is 78.6 cm³/mol. The van der Waals surface area contributed by atoms with E-state index < -0.39 is 0 Å². The third-order valence-corrected chi connectivity index (χ3v) is 4.80. The maximum Gasteiger partial charge on any atom is 0.171 e. The molecule has 2 nitrogen and oxygen atoms in total. The predicted octanol–water partition coefficient (Wildman–Crippen LogP) is 4.63. The molecule has 3 rings (SSSR count). The third kappa shape index (κ3) is 1.90. The van der Waals surface area contributed by atoms with E-state index in [0.717, 1.165) is 35.7 Å². The number of benzene rings is 1. The van der Waals surface area contributed by atoms with E-state index in [1.807, 2.05) is 6.20 Å². The van der Waals surface area contributed by atoms with E-state index in [0.29, 0.717) is 5.78 Å². The van der Waals surface area contributed by atoms with Gasteiger partial charge in [0.05, 0.1) is 0 Å². The minimum atomic E-state index is -0.0972. The summed E-state index contributed by atoms with van der Waals surface area (Å²) in [6.45, 7) is 4.23. The lowest BCUT2D eigenvalue weighted by Crippen LogP contribution is -2.27. The second kappa shape index (κ2) is 4.52. The van der Waals surface area contributed by atoms with Gasteiger partial charge in [0.15, 0.2) is 5.78 Å². The SMILES string of the molecule is CCC1(C(=O)c2c[nH]c3cc(C)ccc23)CCCC1. The van der Waals surface area contributed by atoms with Crippen molar-refractivity contribution in [2.45, 2.75) is 46.0 Å². The van der Waals surface area contributed by atoms with Gasteiger partial charge in [0.25, 0.3) is 0 Å². The van der Waals surface area contributed by atoms with Crippen molar-refractivity contribution in [3.05, 3.63) is 35.5 Å². The van der Waals surface area contributed by atoms with Gasteiger partial charge in [-0.2, -0.15) is 0 Å². The van der Waals surface area contributed by atoms with Crippen molar-refractivity contribution < 1.29 is 4.79 Å². The standard InChI is InChI=1S/C17H21NO/c1-3-17(8-4-5-9-17)16(19)14-11-18-15-10-12(2)6-7-13(14)15/h6-7,10-11,18H,3-5,8-9H2,1-2H3. The lowest BCUT2D eigenvalue weighted by Gasteiger charge is -2.25. The van der Waals surface area contributed by atoms with Crippen molar-refractivity contribution in [3.8, 4) is 0 Å². The number of rotatable bonds is 3. The lowest BCUT2D eigenvalue weighted by molar-refractivity contribution is 0.0793. The highest BCUT2D eigenvalue weighted by molar-refractivity contribution is 6.10. The van der Waals surface area contributed by atoms with Crippen LogP contribution >= 0.6 is 0 Å². The number of carbonyl (C=O) groups excluding carboxylic acids is 1. The largest absolute Gasteiger partial charge is 0.360 e. The van der Waals surface area contributed by atoms with Crippen LogP contribution in [0, 0.1) is 12.3 Å². The van der Waals surface area contributed by atoms with E-state index in [9.17, 15) is 4.79 Å². The number of hydrogen-bond donors (Lipinski definition) is 1. The minimum Gasteiger partial charge on any atom is -0.360 e. The molecule has 19 heavy (non-hydrogen) atoms. The van der Waals surface area contributed by atoms with E-state index in [1.54, 1.807) is 0 Å². The van der Waals surface area contributed by atoms with Crippen molar-refractivity contribution in [2.75, 3.05) is 0 Å². The molecule has 1 aliphatic rings. The summed E-state index contributed by atoms with van der Waals surface area (Å²) in [4.78, 5) is 16.2. The van der Waals surface area contributed by atoms with Crippen LogP contribution in [0.15, 0.2) is 24.4 Å². The Morgan fingerprint density at radius 3 is 2.74 bits per heavy atom. The summed E-state index contributed by atoms with van der Waals surface area (Å²) < 4.78 is 0. The van der Waals surface area contributed by atoms with Crippen LogP contribution < -0.4 is 0 Å². The molecule has 0 unspecified atom stereocenters. The molecule has 1 N–H and O–H groups in total. The zero-order valence-corrected chi connectivity index (χ0v) is 11.8. The summed E-state index contributed by atoms with van der Waals surface area (Å²) in [5.41, 5.74) is 3.09. The first kappa shape index (κ1) is 12.5. The Labute approximate surface area is 114 Å². The van der Waals surface area contributed by atoms with Crippen LogP contribution in [-0.2, 0) is 0 Å². The van der Waals surface area contributed by atoms with E-state index in [-0.39, 0.29) is 5.41 Å². The van der Waals surface area contributed by atoms with Crippen molar-refractivity contribution in [1.29, 1.82) is 0 Å². The molecule has 0 bridgehead atoms. The van der Waals surface area contributed by atoms with Gasteiger partial charge in [-0.25, -0.2) is 0 Å². The molecule has 1 fully saturated rings. The van der Waals surface area contributed by atoms with Gasteiger partial charge in [-0.3, -0.25) is 4.79 Å². The summed E-state index contributed by atoms with van der Waals surface area (Å²) in [7, 11) is 0. The Balaban J connectivity index is 2.06. The second-order valence-corrected chi connectivity index (χ2v) is 5.92. The number of Topliss-reactive ketones (excluding diaryl/α,β-unsaturated/α-hetero) is 1. The first-order chi connectivity index (χ1) is 9.16. The first-order valence-corrected chi connectivity index (χ1v) is 7.29. The number of aromatic amines is 1. The third-order valence-electron chi connectivity index (χ3n) is 4.80. The van der Waals surface area contributed by atoms with Crippen molar-refractivity contribution >= 4 is 16.7 Å². The van der Waals surface area contributed by atoms with Gasteiger partial charge in [0, 0.05) is 28.1 Å². The van der Waals surface area contributed by atoms with Gasteiger partial charge in [0.2, 0.25) is 0 Å². The maximum absolute atomic E-state index is 12.9. The summed E-state index contributed by atoms with van der Waals surface area (Å²) in [5, 5.41) is 1.08. The van der Waals surface area contributed by atoms with Crippen LogP contribution in [0.2, 0.25) is 0 Å². The van der Waals surface area contributed by atoms with Crippen LogP contribution in [0.1, 0.15) is 54.9 Å². The number of fused-ring (bicyclic) bond motifs is 1. The molecule has 1 aromatic heterocycles. The molecule has 0 amide bonds. The van der Waals surface area contributed by atoms with Gasteiger partial charge in [0.1, 0.15) is 0 Å². The number of hydrogen-bond acceptors (Lipinski definition) is 1. The van der Waals surface area contributed by atoms with E-state index >= 15 is 0 Å².